The van der Waals surface area contributed by atoms with Gasteiger partial charge >= 0.3 is 6.03 Å². The van der Waals surface area contributed by atoms with E-state index in [2.05, 4.69) is 5.32 Å². The molecule has 1 aliphatic carbocycles. The summed E-state index contributed by atoms with van der Waals surface area (Å²) in [5, 5.41) is 2.37. The molecule has 0 unspecified atom stereocenters. The van der Waals surface area contributed by atoms with Crippen molar-refractivity contribution in [3.63, 3.8) is 0 Å². The molecule has 110 valence electrons. The van der Waals surface area contributed by atoms with E-state index in [4.69, 9.17) is 0 Å². The van der Waals surface area contributed by atoms with Crippen molar-refractivity contribution < 1.29 is 14.4 Å². The molecule has 0 bridgehead atoms. The number of carbonyl (C=O) groups is 3. The molecule has 0 atom stereocenters. The summed E-state index contributed by atoms with van der Waals surface area (Å²) < 4.78 is 0. The second-order valence-corrected chi connectivity index (χ2v) is 5.95. The molecule has 1 heterocycles. The fraction of sp³-hybridized carbons (Fsp3) is 0.667. The largest absolute Gasteiger partial charge is 0.331 e. The summed E-state index contributed by atoms with van der Waals surface area (Å²) in [4.78, 5) is 38.0. The molecule has 1 saturated carbocycles. The Morgan fingerprint density at radius 2 is 1.75 bits per heavy atom. The minimum atomic E-state index is -1.01. The van der Waals surface area contributed by atoms with Crippen LogP contribution in [0, 0.1) is 5.41 Å². The molecule has 1 spiro atoms. The van der Waals surface area contributed by atoms with Gasteiger partial charge in [-0.3, -0.25) is 19.8 Å². The van der Waals surface area contributed by atoms with Crippen LogP contribution < -0.4 is 5.32 Å². The Morgan fingerprint density at radius 1 is 1.15 bits per heavy atom. The molecular formula is C15H22N2O3. The van der Waals surface area contributed by atoms with Crippen LogP contribution in [0.4, 0.5) is 4.79 Å². The molecule has 0 aromatic rings. The van der Waals surface area contributed by atoms with Gasteiger partial charge < -0.3 is 0 Å². The molecule has 2 aliphatic rings. The van der Waals surface area contributed by atoms with Crippen molar-refractivity contribution in [1.82, 2.24) is 10.2 Å². The number of nitrogens with zero attached hydrogens (tertiary/aromatic N) is 1. The summed E-state index contributed by atoms with van der Waals surface area (Å²) in [6, 6.07) is -0.590. The normalized spacial score (nSPS) is 22.5. The fourth-order valence-corrected chi connectivity index (χ4v) is 2.94. The third-order valence-corrected chi connectivity index (χ3v) is 4.19. The molecule has 1 aliphatic heterocycles. The molecule has 0 aromatic carbocycles. The molecule has 2 fully saturated rings. The second-order valence-electron chi connectivity index (χ2n) is 5.95. The van der Waals surface area contributed by atoms with E-state index in [1.54, 1.807) is 0 Å². The van der Waals surface area contributed by atoms with Crippen molar-refractivity contribution in [2.75, 3.05) is 6.54 Å². The monoisotopic (exact) mass is 278 g/mol. The van der Waals surface area contributed by atoms with E-state index >= 15 is 0 Å². The van der Waals surface area contributed by atoms with Gasteiger partial charge in [-0.1, -0.05) is 37.3 Å². The third kappa shape index (κ3) is 2.62. The van der Waals surface area contributed by atoms with E-state index in [1.165, 1.54) is 4.90 Å². The number of nitrogens with one attached hydrogen (secondary N) is 1. The van der Waals surface area contributed by atoms with E-state index < -0.39 is 17.4 Å². The summed E-state index contributed by atoms with van der Waals surface area (Å²) in [6.07, 6.45) is 6.76. The average Bonchev–Trinajstić information content (AvgIpc) is 2.63. The predicted octanol–water partition coefficient (Wildman–Crippen LogP) is 2.37. The number of imide groups is 2. The van der Waals surface area contributed by atoms with Gasteiger partial charge in [-0.05, 0) is 26.7 Å². The standard InChI is InChI=1S/C15H22N2O3/c1-11(2)7-10-17-13(19)15(12(18)16-14(17)20)8-5-3-4-6-9-15/h7H,3-6,8-10H2,1-2H3,(H,16,18,20). The molecular weight excluding hydrogens is 256 g/mol. The third-order valence-electron chi connectivity index (χ3n) is 4.19. The molecule has 1 N–H and O–H groups in total. The zero-order valence-electron chi connectivity index (χ0n) is 12.2. The lowest BCUT2D eigenvalue weighted by molar-refractivity contribution is -0.152. The highest BCUT2D eigenvalue weighted by Crippen LogP contribution is 2.39. The topological polar surface area (TPSA) is 66.5 Å². The predicted molar refractivity (Wildman–Crippen MR) is 74.8 cm³/mol. The zero-order chi connectivity index (χ0) is 14.8. The lowest BCUT2D eigenvalue weighted by Gasteiger charge is -2.38. The van der Waals surface area contributed by atoms with Crippen LogP contribution in [0.5, 0.6) is 0 Å². The highest BCUT2D eigenvalue weighted by atomic mass is 16.2. The Hall–Kier alpha value is -1.65. The maximum atomic E-state index is 12.7. The quantitative estimate of drug-likeness (QED) is 0.623. The van der Waals surface area contributed by atoms with Gasteiger partial charge in [0.2, 0.25) is 11.8 Å². The van der Waals surface area contributed by atoms with E-state index in [-0.39, 0.29) is 12.5 Å². The zero-order valence-corrected chi connectivity index (χ0v) is 12.2. The Balaban J connectivity index is 2.27. The molecule has 4 amide bonds. The highest BCUT2D eigenvalue weighted by molar-refractivity contribution is 6.19. The minimum Gasteiger partial charge on any atom is -0.277 e. The number of amides is 4. The van der Waals surface area contributed by atoms with Gasteiger partial charge in [-0.2, -0.15) is 0 Å². The Kier molecular flexibility index (Phi) is 4.26. The number of rotatable bonds is 2. The minimum absolute atomic E-state index is 0.238. The van der Waals surface area contributed by atoms with Gasteiger partial charge in [0, 0.05) is 6.54 Å². The van der Waals surface area contributed by atoms with Crippen LogP contribution in [0.15, 0.2) is 11.6 Å². The molecule has 0 radical (unpaired) electrons. The summed E-state index contributed by atoms with van der Waals surface area (Å²) in [6.45, 7) is 4.07. The Bertz CT molecular complexity index is 456. The van der Waals surface area contributed by atoms with Crippen molar-refractivity contribution in [2.24, 2.45) is 5.41 Å². The van der Waals surface area contributed by atoms with Gasteiger partial charge in [-0.15, -0.1) is 0 Å². The number of urea groups is 1. The van der Waals surface area contributed by atoms with Crippen LogP contribution >= 0.6 is 0 Å². The van der Waals surface area contributed by atoms with Crippen LogP contribution in [0.25, 0.3) is 0 Å². The number of hydrogen-bond donors (Lipinski definition) is 1. The first-order valence-corrected chi connectivity index (χ1v) is 7.28. The number of hydrogen-bond acceptors (Lipinski definition) is 3. The second kappa shape index (κ2) is 5.77. The van der Waals surface area contributed by atoms with Gasteiger partial charge in [0.25, 0.3) is 0 Å². The first kappa shape index (κ1) is 14.8. The molecule has 0 aromatic heterocycles. The van der Waals surface area contributed by atoms with Crippen LogP contribution in [-0.2, 0) is 9.59 Å². The van der Waals surface area contributed by atoms with E-state index in [0.717, 1.165) is 31.3 Å². The molecule has 20 heavy (non-hydrogen) atoms. The maximum Gasteiger partial charge on any atom is 0.331 e. The van der Waals surface area contributed by atoms with Gasteiger partial charge in [0.15, 0.2) is 0 Å². The van der Waals surface area contributed by atoms with Crippen molar-refractivity contribution in [3.05, 3.63) is 11.6 Å². The lowest BCUT2D eigenvalue weighted by atomic mass is 9.77. The van der Waals surface area contributed by atoms with Gasteiger partial charge in [0.05, 0.1) is 0 Å². The summed E-state index contributed by atoms with van der Waals surface area (Å²) in [5.74, 6) is -0.714. The van der Waals surface area contributed by atoms with Crippen LogP contribution in [-0.4, -0.2) is 29.3 Å². The molecule has 5 heteroatoms. The van der Waals surface area contributed by atoms with Crippen molar-refractivity contribution in [2.45, 2.75) is 52.4 Å². The van der Waals surface area contributed by atoms with Crippen LogP contribution in [0.2, 0.25) is 0 Å². The smallest absolute Gasteiger partial charge is 0.277 e. The summed E-state index contributed by atoms with van der Waals surface area (Å²) >= 11 is 0. The molecule has 2 rings (SSSR count). The van der Waals surface area contributed by atoms with Crippen LogP contribution in [0.1, 0.15) is 52.4 Å². The Morgan fingerprint density at radius 3 is 2.30 bits per heavy atom. The maximum absolute atomic E-state index is 12.7. The number of barbiturate groups is 1. The molecule has 5 nitrogen and oxygen atoms in total. The highest BCUT2D eigenvalue weighted by Gasteiger charge is 2.52. The van der Waals surface area contributed by atoms with Crippen molar-refractivity contribution in [1.29, 1.82) is 0 Å². The number of carbonyl (C=O) groups excluding carboxylic acids is 3. The first-order valence-electron chi connectivity index (χ1n) is 7.28. The van der Waals surface area contributed by atoms with Gasteiger partial charge in [0.1, 0.15) is 5.41 Å². The summed E-state index contributed by atoms with van der Waals surface area (Å²) in [7, 11) is 0. The average molecular weight is 278 g/mol. The van der Waals surface area contributed by atoms with Crippen molar-refractivity contribution in [3.8, 4) is 0 Å². The Labute approximate surface area is 119 Å². The SMILES string of the molecule is CC(C)=CCN1C(=O)NC(=O)C2(CCCCCC2)C1=O. The molecule has 1 saturated heterocycles. The van der Waals surface area contributed by atoms with E-state index in [0.29, 0.717) is 12.8 Å². The summed E-state index contributed by atoms with van der Waals surface area (Å²) in [5.41, 5.74) is 0.0253. The van der Waals surface area contributed by atoms with Crippen molar-refractivity contribution >= 4 is 17.8 Å². The van der Waals surface area contributed by atoms with E-state index in [1.807, 2.05) is 19.9 Å². The first-order chi connectivity index (χ1) is 9.47. The van der Waals surface area contributed by atoms with E-state index in [9.17, 15) is 14.4 Å². The van der Waals surface area contributed by atoms with Gasteiger partial charge in [-0.25, -0.2) is 4.79 Å². The van der Waals surface area contributed by atoms with Crippen LogP contribution in [0.3, 0.4) is 0 Å². The fourth-order valence-electron chi connectivity index (χ4n) is 2.94. The lowest BCUT2D eigenvalue weighted by Crippen LogP contribution is -2.63. The number of allylic oxidation sites excluding steroid dienone is 1.